The monoisotopic (exact) mass is 299 g/mol. The third kappa shape index (κ3) is 6.04. The molecule has 3 N–H and O–H groups in total. The zero-order valence-electron chi connectivity index (χ0n) is 14.2. The van der Waals surface area contributed by atoms with Crippen molar-refractivity contribution in [1.29, 1.82) is 0 Å². The molecule has 0 heterocycles. The fourth-order valence-corrected chi connectivity index (χ4v) is 2.81. The average molecular weight is 299 g/mol. The van der Waals surface area contributed by atoms with Gasteiger partial charge >= 0.3 is 0 Å². The van der Waals surface area contributed by atoms with Crippen LogP contribution in [0.15, 0.2) is 0 Å². The summed E-state index contributed by atoms with van der Waals surface area (Å²) in [6, 6.07) is 0. The van der Waals surface area contributed by atoms with Crippen LogP contribution in [0.3, 0.4) is 0 Å². The van der Waals surface area contributed by atoms with Crippen LogP contribution in [-0.2, 0) is 9.59 Å². The molecule has 0 bridgehead atoms. The molecule has 124 valence electrons. The summed E-state index contributed by atoms with van der Waals surface area (Å²) in [6.45, 7) is 10.2. The summed E-state index contributed by atoms with van der Waals surface area (Å²) < 4.78 is 0. The molecular formula is C16H33N3O2. The van der Waals surface area contributed by atoms with Crippen molar-refractivity contribution in [3.05, 3.63) is 0 Å². The summed E-state index contributed by atoms with van der Waals surface area (Å²) in [5.41, 5.74) is 5.40. The summed E-state index contributed by atoms with van der Waals surface area (Å²) in [5.74, 6) is 0.0886. The van der Waals surface area contributed by atoms with E-state index in [1.54, 1.807) is 4.90 Å². The third-order valence-corrected chi connectivity index (χ3v) is 4.07. The highest BCUT2D eigenvalue weighted by Crippen LogP contribution is 2.28. The van der Waals surface area contributed by atoms with Crippen LogP contribution in [-0.4, -0.2) is 42.9 Å². The molecule has 0 aliphatic rings. The number of hydrogen-bond donors (Lipinski definition) is 2. The Labute approximate surface area is 129 Å². The van der Waals surface area contributed by atoms with Gasteiger partial charge in [0.1, 0.15) is 0 Å². The van der Waals surface area contributed by atoms with Crippen molar-refractivity contribution in [2.24, 2.45) is 11.1 Å². The molecule has 0 aromatic carbocycles. The highest BCUT2D eigenvalue weighted by Gasteiger charge is 2.34. The first-order valence-corrected chi connectivity index (χ1v) is 8.27. The van der Waals surface area contributed by atoms with Crippen molar-refractivity contribution in [3.8, 4) is 0 Å². The van der Waals surface area contributed by atoms with Gasteiger partial charge < -0.3 is 16.0 Å². The van der Waals surface area contributed by atoms with Crippen LogP contribution in [0.25, 0.3) is 0 Å². The predicted molar refractivity (Wildman–Crippen MR) is 86.9 cm³/mol. The minimum Gasteiger partial charge on any atom is -0.355 e. The average Bonchev–Trinajstić information content (AvgIpc) is 2.48. The number of hydrogen-bond acceptors (Lipinski definition) is 3. The van der Waals surface area contributed by atoms with Crippen LogP contribution in [0.1, 0.15) is 59.8 Å². The molecule has 5 nitrogen and oxygen atoms in total. The van der Waals surface area contributed by atoms with Gasteiger partial charge in [-0.25, -0.2) is 0 Å². The quantitative estimate of drug-likeness (QED) is 0.612. The molecule has 0 saturated heterocycles. The number of carbonyl (C=O) groups is 2. The second-order valence-corrected chi connectivity index (χ2v) is 5.56. The second kappa shape index (κ2) is 10.6. The van der Waals surface area contributed by atoms with E-state index in [4.69, 9.17) is 5.73 Å². The van der Waals surface area contributed by atoms with Gasteiger partial charge in [0.05, 0.1) is 5.41 Å². The zero-order chi connectivity index (χ0) is 16.3. The maximum atomic E-state index is 12.5. The highest BCUT2D eigenvalue weighted by atomic mass is 16.2. The number of nitrogens with one attached hydrogen (secondary N) is 1. The van der Waals surface area contributed by atoms with Crippen LogP contribution in [0.2, 0.25) is 0 Å². The van der Waals surface area contributed by atoms with Gasteiger partial charge in [-0.15, -0.1) is 0 Å². The number of amides is 2. The molecule has 0 spiro atoms. The van der Waals surface area contributed by atoms with Crippen molar-refractivity contribution in [2.75, 3.05) is 26.2 Å². The van der Waals surface area contributed by atoms with E-state index < -0.39 is 5.41 Å². The minimum absolute atomic E-state index is 0.000969. The number of rotatable bonds is 11. The van der Waals surface area contributed by atoms with E-state index in [-0.39, 0.29) is 11.8 Å². The smallest absolute Gasteiger partial charge is 0.227 e. The SMILES string of the molecule is CCCC(CN)(CCC)C(=O)NCCC(=O)N(CC)CC. The molecule has 0 aliphatic heterocycles. The van der Waals surface area contributed by atoms with E-state index in [9.17, 15) is 9.59 Å². The lowest BCUT2D eigenvalue weighted by Crippen LogP contribution is -2.46. The second-order valence-electron chi connectivity index (χ2n) is 5.56. The largest absolute Gasteiger partial charge is 0.355 e. The van der Waals surface area contributed by atoms with Gasteiger partial charge in [-0.2, -0.15) is 0 Å². The Bertz CT molecular complexity index is 309. The molecule has 0 atom stereocenters. The molecule has 0 aromatic rings. The Morgan fingerprint density at radius 2 is 1.57 bits per heavy atom. The summed E-state index contributed by atoms with van der Waals surface area (Å²) in [6.07, 6.45) is 3.82. The van der Waals surface area contributed by atoms with E-state index >= 15 is 0 Å². The first kappa shape index (κ1) is 19.9. The van der Waals surface area contributed by atoms with E-state index in [1.807, 2.05) is 13.8 Å². The minimum atomic E-state index is -0.470. The van der Waals surface area contributed by atoms with E-state index in [1.165, 1.54) is 0 Å². The van der Waals surface area contributed by atoms with Crippen LogP contribution in [0, 0.1) is 5.41 Å². The first-order valence-electron chi connectivity index (χ1n) is 8.27. The van der Waals surface area contributed by atoms with Gasteiger partial charge in [0, 0.05) is 32.6 Å². The lowest BCUT2D eigenvalue weighted by Gasteiger charge is -2.30. The Kier molecular flexibility index (Phi) is 10.0. The predicted octanol–water partition coefficient (Wildman–Crippen LogP) is 1.91. The van der Waals surface area contributed by atoms with Gasteiger partial charge in [0.2, 0.25) is 11.8 Å². The van der Waals surface area contributed by atoms with Crippen molar-refractivity contribution in [3.63, 3.8) is 0 Å². The van der Waals surface area contributed by atoms with Crippen LogP contribution in [0.4, 0.5) is 0 Å². The third-order valence-electron chi connectivity index (χ3n) is 4.07. The van der Waals surface area contributed by atoms with E-state index in [0.29, 0.717) is 32.6 Å². The van der Waals surface area contributed by atoms with Crippen molar-refractivity contribution in [2.45, 2.75) is 59.8 Å². The summed E-state index contributed by atoms with van der Waals surface area (Å²) in [5, 5.41) is 2.91. The Morgan fingerprint density at radius 3 is 1.95 bits per heavy atom. The maximum Gasteiger partial charge on any atom is 0.227 e. The molecular weight excluding hydrogens is 266 g/mol. The molecule has 0 saturated carbocycles. The summed E-state index contributed by atoms with van der Waals surface area (Å²) >= 11 is 0. The van der Waals surface area contributed by atoms with E-state index in [0.717, 1.165) is 25.7 Å². The Morgan fingerprint density at radius 1 is 1.05 bits per heavy atom. The van der Waals surface area contributed by atoms with Crippen molar-refractivity contribution in [1.82, 2.24) is 10.2 Å². The normalized spacial score (nSPS) is 11.3. The number of carbonyl (C=O) groups excluding carboxylic acids is 2. The maximum absolute atomic E-state index is 12.5. The number of nitrogens with zero attached hydrogens (tertiary/aromatic N) is 1. The molecule has 5 heteroatoms. The van der Waals surface area contributed by atoms with Crippen molar-refractivity contribution < 1.29 is 9.59 Å². The van der Waals surface area contributed by atoms with Gasteiger partial charge in [-0.05, 0) is 26.7 Å². The first-order chi connectivity index (χ1) is 10.0. The molecule has 2 amide bonds. The Balaban J connectivity index is 4.47. The molecule has 0 radical (unpaired) electrons. The van der Waals surface area contributed by atoms with Crippen LogP contribution in [0.5, 0.6) is 0 Å². The van der Waals surface area contributed by atoms with Gasteiger partial charge in [-0.3, -0.25) is 9.59 Å². The lowest BCUT2D eigenvalue weighted by molar-refractivity contribution is -0.132. The topological polar surface area (TPSA) is 75.4 Å². The molecule has 0 fully saturated rings. The van der Waals surface area contributed by atoms with E-state index in [2.05, 4.69) is 19.2 Å². The summed E-state index contributed by atoms with van der Waals surface area (Å²) in [7, 11) is 0. The molecule has 0 unspecified atom stereocenters. The zero-order valence-corrected chi connectivity index (χ0v) is 14.2. The van der Waals surface area contributed by atoms with Crippen LogP contribution >= 0.6 is 0 Å². The fraction of sp³-hybridized carbons (Fsp3) is 0.875. The highest BCUT2D eigenvalue weighted by molar-refractivity contribution is 5.83. The molecule has 0 rings (SSSR count). The number of nitrogens with two attached hydrogens (primary N) is 1. The fourth-order valence-electron chi connectivity index (χ4n) is 2.81. The molecule has 0 aromatic heterocycles. The van der Waals surface area contributed by atoms with Crippen LogP contribution < -0.4 is 11.1 Å². The molecule has 21 heavy (non-hydrogen) atoms. The molecule has 0 aliphatic carbocycles. The standard InChI is InChI=1S/C16H33N3O2/c1-5-10-16(13-17,11-6-2)15(21)18-12-9-14(20)19(7-3)8-4/h5-13,17H2,1-4H3,(H,18,21). The van der Waals surface area contributed by atoms with Crippen molar-refractivity contribution >= 4 is 11.8 Å². The van der Waals surface area contributed by atoms with Gasteiger partial charge in [-0.1, -0.05) is 26.7 Å². The van der Waals surface area contributed by atoms with Gasteiger partial charge in [0.25, 0.3) is 0 Å². The van der Waals surface area contributed by atoms with Gasteiger partial charge in [0.15, 0.2) is 0 Å². The Hall–Kier alpha value is -1.10. The lowest BCUT2D eigenvalue weighted by atomic mass is 9.78. The summed E-state index contributed by atoms with van der Waals surface area (Å²) in [4.78, 5) is 26.1.